The van der Waals surface area contributed by atoms with Gasteiger partial charge in [-0.05, 0) is 11.1 Å². The monoisotopic (exact) mass is 382 g/mol. The summed E-state index contributed by atoms with van der Waals surface area (Å²) in [6.07, 6.45) is 0. The SMILES string of the molecule is ClCc1ccccc1[Si]c1ccccc1[Si]c1ccccc1CCl. The normalized spacial score (nSPS) is 10.8. The molecule has 0 aliphatic heterocycles. The minimum absolute atomic E-state index is 0.558. The first-order valence-corrected chi connectivity index (χ1v) is 10.8. The van der Waals surface area contributed by atoms with Crippen molar-refractivity contribution in [3.8, 4) is 0 Å². The van der Waals surface area contributed by atoms with Gasteiger partial charge < -0.3 is 0 Å². The fraction of sp³-hybridized carbons (Fsp3) is 0.100. The van der Waals surface area contributed by atoms with E-state index in [2.05, 4.69) is 72.8 Å². The molecule has 0 amide bonds. The van der Waals surface area contributed by atoms with Crippen molar-refractivity contribution in [2.45, 2.75) is 11.8 Å². The lowest BCUT2D eigenvalue weighted by Gasteiger charge is -2.12. The lowest BCUT2D eigenvalue weighted by Crippen LogP contribution is -2.45. The van der Waals surface area contributed by atoms with E-state index in [-0.39, 0.29) is 0 Å². The van der Waals surface area contributed by atoms with E-state index in [0.29, 0.717) is 30.8 Å². The minimum atomic E-state index is 0.558. The Morgan fingerprint density at radius 3 is 1.21 bits per heavy atom. The Bertz CT molecular complexity index is 749. The number of benzene rings is 3. The highest BCUT2D eigenvalue weighted by Gasteiger charge is 2.10. The third-order valence-electron chi connectivity index (χ3n) is 3.79. The van der Waals surface area contributed by atoms with Crippen LogP contribution in [0.15, 0.2) is 72.8 Å². The number of hydrogen-bond acceptors (Lipinski definition) is 0. The largest absolute Gasteiger partial charge is 0.122 e. The summed E-state index contributed by atoms with van der Waals surface area (Å²) in [5.74, 6) is 1.12. The summed E-state index contributed by atoms with van der Waals surface area (Å²) < 4.78 is 0. The van der Waals surface area contributed by atoms with Gasteiger partial charge in [-0.2, -0.15) is 0 Å². The van der Waals surface area contributed by atoms with E-state index in [1.807, 2.05) is 0 Å². The van der Waals surface area contributed by atoms with Gasteiger partial charge in [-0.3, -0.25) is 0 Å². The van der Waals surface area contributed by atoms with Crippen molar-refractivity contribution in [1.29, 1.82) is 0 Å². The molecular weight excluding hydrogens is 367 g/mol. The standard InChI is InChI=1S/C20H16Cl2Si2/c21-13-15-7-1-3-9-17(15)23-19-11-5-6-12-20(19)24-18-10-4-2-8-16(18)14-22/h1-12H,13-14H2. The van der Waals surface area contributed by atoms with Gasteiger partial charge in [0.2, 0.25) is 0 Å². The van der Waals surface area contributed by atoms with Crippen LogP contribution in [-0.4, -0.2) is 19.0 Å². The molecular formula is C20H16Cl2Si2. The van der Waals surface area contributed by atoms with Gasteiger partial charge in [0.05, 0.1) is 0 Å². The molecule has 0 atom stereocenters. The Morgan fingerprint density at radius 2 is 0.833 bits per heavy atom. The minimum Gasteiger partial charge on any atom is -0.122 e. The maximum absolute atomic E-state index is 6.10. The highest BCUT2D eigenvalue weighted by molar-refractivity contribution is 6.78. The second kappa shape index (κ2) is 8.68. The van der Waals surface area contributed by atoms with Gasteiger partial charge in [-0.15, -0.1) is 23.2 Å². The van der Waals surface area contributed by atoms with Crippen LogP contribution in [0.3, 0.4) is 0 Å². The Morgan fingerprint density at radius 1 is 0.500 bits per heavy atom. The van der Waals surface area contributed by atoms with E-state index >= 15 is 0 Å². The smallest absolute Gasteiger partial charge is 0.121 e. The molecule has 0 saturated heterocycles. The molecule has 0 aliphatic carbocycles. The lowest BCUT2D eigenvalue weighted by atomic mass is 10.2. The van der Waals surface area contributed by atoms with Gasteiger partial charge in [-0.1, -0.05) is 93.5 Å². The molecule has 0 heterocycles. The van der Waals surface area contributed by atoms with Gasteiger partial charge in [0, 0.05) is 11.8 Å². The van der Waals surface area contributed by atoms with Crippen LogP contribution in [0.1, 0.15) is 11.1 Å². The van der Waals surface area contributed by atoms with Crippen molar-refractivity contribution in [2.24, 2.45) is 0 Å². The second-order valence-corrected chi connectivity index (χ2v) is 8.57. The van der Waals surface area contributed by atoms with Crippen molar-refractivity contribution in [3.05, 3.63) is 83.9 Å². The fourth-order valence-electron chi connectivity index (χ4n) is 2.51. The maximum atomic E-state index is 6.10. The van der Waals surface area contributed by atoms with Gasteiger partial charge in [0.25, 0.3) is 0 Å². The van der Waals surface area contributed by atoms with Crippen LogP contribution in [0, 0.1) is 0 Å². The Hall–Kier alpha value is -1.33. The molecule has 0 spiro atoms. The predicted molar refractivity (Wildman–Crippen MR) is 108 cm³/mol. The van der Waals surface area contributed by atoms with E-state index < -0.39 is 0 Å². The molecule has 0 aromatic heterocycles. The Kier molecular flexibility index (Phi) is 6.33. The Labute approximate surface area is 158 Å². The molecule has 0 fully saturated rings. The third-order valence-corrected chi connectivity index (χ3v) is 7.54. The summed E-state index contributed by atoms with van der Waals surface area (Å²) in [6.45, 7) is 0. The van der Waals surface area contributed by atoms with Crippen LogP contribution in [-0.2, 0) is 11.8 Å². The summed E-state index contributed by atoms with van der Waals surface area (Å²) in [5, 5.41) is 5.43. The van der Waals surface area contributed by atoms with Gasteiger partial charge in [0.1, 0.15) is 19.0 Å². The lowest BCUT2D eigenvalue weighted by molar-refractivity contribution is 1.44. The third kappa shape index (κ3) is 4.20. The fourth-order valence-corrected chi connectivity index (χ4v) is 5.97. The van der Waals surface area contributed by atoms with E-state index in [9.17, 15) is 0 Å². The molecule has 0 N–H and O–H groups in total. The molecule has 4 radical (unpaired) electrons. The van der Waals surface area contributed by atoms with Crippen LogP contribution >= 0.6 is 23.2 Å². The number of rotatable bonds is 6. The highest BCUT2D eigenvalue weighted by Crippen LogP contribution is 2.01. The molecule has 24 heavy (non-hydrogen) atoms. The molecule has 3 rings (SSSR count). The molecule has 118 valence electrons. The zero-order chi connectivity index (χ0) is 16.8. The molecule has 0 bridgehead atoms. The highest BCUT2D eigenvalue weighted by atomic mass is 35.5. The van der Waals surface area contributed by atoms with Crippen LogP contribution in [0.25, 0.3) is 0 Å². The van der Waals surface area contributed by atoms with E-state index in [4.69, 9.17) is 23.2 Å². The maximum Gasteiger partial charge on any atom is 0.121 e. The summed E-state index contributed by atoms with van der Waals surface area (Å²) >= 11 is 12.2. The van der Waals surface area contributed by atoms with Crippen molar-refractivity contribution in [3.63, 3.8) is 0 Å². The number of alkyl halides is 2. The summed E-state index contributed by atoms with van der Waals surface area (Å²) in [5.41, 5.74) is 2.44. The van der Waals surface area contributed by atoms with Crippen LogP contribution in [0.4, 0.5) is 0 Å². The van der Waals surface area contributed by atoms with Crippen LogP contribution < -0.4 is 20.7 Å². The number of halogens is 2. The van der Waals surface area contributed by atoms with E-state index in [1.54, 1.807) is 0 Å². The summed E-state index contributed by atoms with van der Waals surface area (Å²) in [7, 11) is 1.24. The topological polar surface area (TPSA) is 0 Å². The van der Waals surface area contributed by atoms with E-state index in [0.717, 1.165) is 0 Å². The van der Waals surface area contributed by atoms with Crippen molar-refractivity contribution in [2.75, 3.05) is 0 Å². The van der Waals surface area contributed by atoms with Crippen molar-refractivity contribution < 1.29 is 0 Å². The first-order valence-electron chi connectivity index (χ1n) is 7.72. The number of hydrogen-bond donors (Lipinski definition) is 0. The van der Waals surface area contributed by atoms with Crippen LogP contribution in [0.5, 0.6) is 0 Å². The van der Waals surface area contributed by atoms with Crippen LogP contribution in [0.2, 0.25) is 0 Å². The van der Waals surface area contributed by atoms with Crippen molar-refractivity contribution >= 4 is 63.0 Å². The summed E-state index contributed by atoms with van der Waals surface area (Å²) in [4.78, 5) is 0. The molecule has 0 unspecified atom stereocenters. The first kappa shape index (κ1) is 17.5. The van der Waals surface area contributed by atoms with Gasteiger partial charge in [-0.25, -0.2) is 0 Å². The van der Waals surface area contributed by atoms with Crippen molar-refractivity contribution in [1.82, 2.24) is 0 Å². The first-order chi connectivity index (χ1) is 11.8. The average Bonchev–Trinajstić information content (AvgIpc) is 2.64. The quantitative estimate of drug-likeness (QED) is 0.453. The molecule has 0 aliphatic rings. The Balaban J connectivity index is 1.91. The molecule has 0 nitrogen and oxygen atoms in total. The molecule has 3 aromatic rings. The molecule has 0 saturated carbocycles. The second-order valence-electron chi connectivity index (χ2n) is 5.38. The van der Waals surface area contributed by atoms with Gasteiger partial charge >= 0.3 is 0 Å². The zero-order valence-electron chi connectivity index (χ0n) is 13.1. The van der Waals surface area contributed by atoms with E-state index in [1.165, 1.54) is 31.9 Å². The summed E-state index contributed by atoms with van der Waals surface area (Å²) in [6, 6.07) is 25.6. The zero-order valence-corrected chi connectivity index (χ0v) is 16.6. The predicted octanol–water partition coefficient (Wildman–Crippen LogP) is 2.47. The molecule has 4 heteroatoms. The average molecular weight is 383 g/mol. The molecule has 3 aromatic carbocycles. The van der Waals surface area contributed by atoms with Gasteiger partial charge in [0.15, 0.2) is 0 Å².